The van der Waals surface area contributed by atoms with Crippen LogP contribution >= 0.6 is 9.24 Å². The van der Waals surface area contributed by atoms with Crippen LogP contribution in [0.5, 0.6) is 0 Å². The van der Waals surface area contributed by atoms with E-state index in [0.717, 1.165) is 11.7 Å². The van der Waals surface area contributed by atoms with Crippen LogP contribution in [-0.4, -0.2) is 29.7 Å². The summed E-state index contributed by atoms with van der Waals surface area (Å²) in [5.74, 6) is 0. The molecule has 0 spiro atoms. The summed E-state index contributed by atoms with van der Waals surface area (Å²) < 4.78 is 0. The van der Waals surface area contributed by atoms with Gasteiger partial charge in [-0.1, -0.05) is 0 Å². The Balaban J connectivity index is 2.26. The molecule has 1 saturated heterocycles. The number of hydrogen-bond donors (Lipinski definition) is 0. The first-order chi connectivity index (χ1) is 4.70. The van der Waals surface area contributed by atoms with Crippen LogP contribution in [0.4, 0.5) is 0 Å². The van der Waals surface area contributed by atoms with Gasteiger partial charge in [0, 0.05) is 6.04 Å². The minimum absolute atomic E-state index is 0.748. The Morgan fingerprint density at radius 1 is 1.30 bits per heavy atom. The van der Waals surface area contributed by atoms with Crippen molar-refractivity contribution in [2.24, 2.45) is 0 Å². The van der Waals surface area contributed by atoms with Crippen molar-refractivity contribution in [3.05, 3.63) is 0 Å². The van der Waals surface area contributed by atoms with Crippen molar-refractivity contribution >= 4 is 9.24 Å². The van der Waals surface area contributed by atoms with Crippen LogP contribution in [0, 0.1) is 0 Å². The minimum Gasteiger partial charge on any atom is -0.301 e. The van der Waals surface area contributed by atoms with Gasteiger partial charge in [-0.3, -0.25) is 0 Å². The zero-order valence-corrected chi connectivity index (χ0v) is 8.16. The van der Waals surface area contributed by atoms with Crippen molar-refractivity contribution in [3.63, 3.8) is 0 Å². The monoisotopic (exact) mass is 159 g/mol. The molecule has 1 aliphatic heterocycles. The quantitative estimate of drug-likeness (QED) is 0.527. The number of nitrogens with zero attached hydrogens (tertiary/aromatic N) is 1. The van der Waals surface area contributed by atoms with Crippen molar-refractivity contribution < 1.29 is 0 Å². The van der Waals surface area contributed by atoms with Crippen molar-refractivity contribution in [1.29, 1.82) is 0 Å². The summed E-state index contributed by atoms with van der Waals surface area (Å²) in [6, 6.07) is 0.748. The molecule has 0 bridgehead atoms. The second-order valence-electron chi connectivity index (χ2n) is 3.47. The molecule has 60 valence electrons. The third-order valence-corrected chi connectivity index (χ3v) is 2.97. The first kappa shape index (κ1) is 8.49. The van der Waals surface area contributed by atoms with E-state index < -0.39 is 0 Å². The predicted octanol–water partition coefficient (Wildman–Crippen LogP) is 1.73. The lowest BCUT2D eigenvalue weighted by Gasteiger charge is -2.32. The summed E-state index contributed by atoms with van der Waals surface area (Å²) >= 11 is 0. The van der Waals surface area contributed by atoms with Crippen molar-refractivity contribution in [2.45, 2.75) is 38.4 Å². The third kappa shape index (κ3) is 2.21. The molecular weight excluding hydrogens is 141 g/mol. The fraction of sp³-hybridized carbons (Fsp3) is 1.00. The van der Waals surface area contributed by atoms with E-state index in [1.807, 2.05) is 0 Å². The highest BCUT2D eigenvalue weighted by molar-refractivity contribution is 7.17. The number of likely N-dealkylation sites (tertiary alicyclic amines) is 1. The van der Waals surface area contributed by atoms with Gasteiger partial charge in [0.1, 0.15) is 0 Å². The molecule has 0 aromatic rings. The highest BCUT2D eigenvalue weighted by atomic mass is 31.0. The van der Waals surface area contributed by atoms with Crippen LogP contribution < -0.4 is 0 Å². The maximum absolute atomic E-state index is 2.93. The van der Waals surface area contributed by atoms with Crippen LogP contribution in [0.15, 0.2) is 0 Å². The smallest absolute Gasteiger partial charge is 0.00385 e. The lowest BCUT2D eigenvalue weighted by atomic mass is 10.1. The minimum atomic E-state index is 0.748. The largest absolute Gasteiger partial charge is 0.301 e. The van der Waals surface area contributed by atoms with Gasteiger partial charge in [0.15, 0.2) is 0 Å². The number of rotatable bonds is 1. The Morgan fingerprint density at radius 3 is 2.20 bits per heavy atom. The van der Waals surface area contributed by atoms with Gasteiger partial charge in [0.25, 0.3) is 0 Å². The SMILES string of the molecule is CC(C)N1CCC(P)CC1. The van der Waals surface area contributed by atoms with E-state index in [2.05, 4.69) is 28.0 Å². The van der Waals surface area contributed by atoms with Gasteiger partial charge in [-0.2, -0.15) is 0 Å². The van der Waals surface area contributed by atoms with Crippen LogP contribution in [0.2, 0.25) is 0 Å². The highest BCUT2D eigenvalue weighted by Gasteiger charge is 2.16. The lowest BCUT2D eigenvalue weighted by Crippen LogP contribution is -2.38. The lowest BCUT2D eigenvalue weighted by molar-refractivity contribution is 0.188. The summed E-state index contributed by atoms with van der Waals surface area (Å²) in [5, 5.41) is 0. The molecule has 0 N–H and O–H groups in total. The molecule has 10 heavy (non-hydrogen) atoms. The molecule has 2 heteroatoms. The second-order valence-corrected chi connectivity index (χ2v) is 4.41. The Kier molecular flexibility index (Phi) is 3.13. The normalized spacial score (nSPS) is 24.0. The van der Waals surface area contributed by atoms with Gasteiger partial charge in [-0.25, -0.2) is 0 Å². The van der Waals surface area contributed by atoms with E-state index in [0.29, 0.717) is 0 Å². The van der Waals surface area contributed by atoms with Gasteiger partial charge in [-0.15, -0.1) is 9.24 Å². The molecule has 0 aromatic carbocycles. The Bertz CT molecular complexity index is 95.4. The van der Waals surface area contributed by atoms with Crippen molar-refractivity contribution in [1.82, 2.24) is 4.90 Å². The maximum Gasteiger partial charge on any atom is 0.00385 e. The molecule has 0 aromatic heterocycles. The topological polar surface area (TPSA) is 3.24 Å². The summed E-state index contributed by atoms with van der Waals surface area (Å²) in [7, 11) is 2.93. The molecule has 0 amide bonds. The van der Waals surface area contributed by atoms with Crippen LogP contribution in [0.25, 0.3) is 0 Å². The van der Waals surface area contributed by atoms with E-state index in [4.69, 9.17) is 0 Å². The molecule has 0 saturated carbocycles. The van der Waals surface area contributed by atoms with Crippen LogP contribution in [-0.2, 0) is 0 Å². The van der Waals surface area contributed by atoms with Gasteiger partial charge in [0.05, 0.1) is 0 Å². The molecule has 1 atom stereocenters. The molecule has 1 fully saturated rings. The summed E-state index contributed by atoms with van der Waals surface area (Å²) in [5.41, 5.74) is 0.884. The zero-order valence-electron chi connectivity index (χ0n) is 7.01. The fourth-order valence-electron chi connectivity index (χ4n) is 1.44. The molecule has 1 unspecified atom stereocenters. The van der Waals surface area contributed by atoms with Gasteiger partial charge in [-0.05, 0) is 45.4 Å². The van der Waals surface area contributed by atoms with Crippen molar-refractivity contribution in [3.8, 4) is 0 Å². The Morgan fingerprint density at radius 2 is 1.80 bits per heavy atom. The number of hydrogen-bond acceptors (Lipinski definition) is 1. The molecule has 0 radical (unpaired) electrons. The average molecular weight is 159 g/mol. The maximum atomic E-state index is 2.93. The van der Waals surface area contributed by atoms with E-state index in [1.54, 1.807) is 0 Å². The summed E-state index contributed by atoms with van der Waals surface area (Å²) in [6.45, 7) is 7.16. The Labute approximate surface area is 66.4 Å². The van der Waals surface area contributed by atoms with Gasteiger partial charge >= 0.3 is 0 Å². The van der Waals surface area contributed by atoms with Gasteiger partial charge in [0.2, 0.25) is 0 Å². The van der Waals surface area contributed by atoms with Gasteiger partial charge < -0.3 is 4.90 Å². The fourth-order valence-corrected chi connectivity index (χ4v) is 1.73. The third-order valence-electron chi connectivity index (χ3n) is 2.30. The molecule has 1 rings (SSSR count). The molecule has 1 heterocycles. The Hall–Kier alpha value is 0.390. The number of piperidine rings is 1. The van der Waals surface area contributed by atoms with E-state index in [9.17, 15) is 0 Å². The first-order valence-corrected chi connectivity index (χ1v) is 4.86. The molecule has 0 aliphatic carbocycles. The average Bonchev–Trinajstić information content (AvgIpc) is 1.88. The summed E-state index contributed by atoms with van der Waals surface area (Å²) in [4.78, 5) is 2.56. The van der Waals surface area contributed by atoms with E-state index in [-0.39, 0.29) is 0 Å². The molecular formula is C8H18NP. The van der Waals surface area contributed by atoms with Crippen LogP contribution in [0.3, 0.4) is 0 Å². The second kappa shape index (κ2) is 3.69. The zero-order chi connectivity index (χ0) is 7.56. The first-order valence-electron chi connectivity index (χ1n) is 4.20. The van der Waals surface area contributed by atoms with E-state index >= 15 is 0 Å². The van der Waals surface area contributed by atoms with E-state index in [1.165, 1.54) is 25.9 Å². The highest BCUT2D eigenvalue weighted by Crippen LogP contribution is 2.18. The molecule has 1 nitrogen and oxygen atoms in total. The predicted molar refractivity (Wildman–Crippen MR) is 49.4 cm³/mol. The standard InChI is InChI=1S/C8H18NP/c1-7(2)9-5-3-8(10)4-6-9/h7-8H,3-6,10H2,1-2H3. The van der Waals surface area contributed by atoms with Crippen molar-refractivity contribution in [2.75, 3.05) is 13.1 Å². The molecule has 1 aliphatic rings. The van der Waals surface area contributed by atoms with Crippen LogP contribution in [0.1, 0.15) is 26.7 Å². The summed E-state index contributed by atoms with van der Waals surface area (Å²) in [6.07, 6.45) is 2.73.